The van der Waals surface area contributed by atoms with Crippen molar-refractivity contribution in [1.82, 2.24) is 10.3 Å². The van der Waals surface area contributed by atoms with E-state index in [1.807, 2.05) is 4.90 Å². The quantitative estimate of drug-likeness (QED) is 0.584. The van der Waals surface area contributed by atoms with Crippen molar-refractivity contribution in [3.05, 3.63) is 27.9 Å². The van der Waals surface area contributed by atoms with Gasteiger partial charge in [0.05, 0.1) is 11.5 Å². The van der Waals surface area contributed by atoms with E-state index < -0.39 is 4.92 Å². The predicted octanol–water partition coefficient (Wildman–Crippen LogP) is 0.0687. The smallest absolute Gasteiger partial charge is 0.290 e. The number of aromatic nitrogens is 1. The number of rotatable bonds is 3. The van der Waals surface area contributed by atoms with Crippen LogP contribution in [-0.4, -0.2) is 47.3 Å². The second-order valence-electron chi connectivity index (χ2n) is 4.37. The largest absolute Gasteiger partial charge is 0.395 e. The molecule has 0 amide bonds. The maximum atomic E-state index is 10.7. The molecule has 2 N–H and O–H groups in total. The van der Waals surface area contributed by atoms with Gasteiger partial charge in [-0.25, -0.2) is 4.98 Å². The van der Waals surface area contributed by atoms with Gasteiger partial charge >= 0.3 is 0 Å². The zero-order valence-corrected chi connectivity index (χ0v) is 10.2. The fourth-order valence-corrected chi connectivity index (χ4v) is 2.05. The van der Waals surface area contributed by atoms with Crippen molar-refractivity contribution in [2.75, 3.05) is 31.1 Å². The number of nitro groups is 1. The van der Waals surface area contributed by atoms with E-state index in [1.165, 1.54) is 6.20 Å². The molecule has 0 aromatic carbocycles. The third kappa shape index (κ3) is 2.57. The van der Waals surface area contributed by atoms with Crippen LogP contribution >= 0.6 is 0 Å². The van der Waals surface area contributed by atoms with Crippen molar-refractivity contribution in [2.45, 2.75) is 13.0 Å². The summed E-state index contributed by atoms with van der Waals surface area (Å²) in [5.74, 6) is 0.720. The Balaban J connectivity index is 2.18. The van der Waals surface area contributed by atoms with Crippen LogP contribution in [0.4, 0.5) is 11.5 Å². The second-order valence-corrected chi connectivity index (χ2v) is 4.37. The first kappa shape index (κ1) is 12.7. The highest BCUT2D eigenvalue weighted by molar-refractivity contribution is 5.49. The number of hydrogen-bond acceptors (Lipinski definition) is 6. The van der Waals surface area contributed by atoms with Crippen LogP contribution in [-0.2, 0) is 0 Å². The summed E-state index contributed by atoms with van der Waals surface area (Å²) >= 11 is 0. The third-order valence-electron chi connectivity index (χ3n) is 3.07. The maximum absolute atomic E-state index is 10.7. The molecular weight excluding hydrogens is 236 g/mol. The van der Waals surface area contributed by atoms with Crippen molar-refractivity contribution in [3.63, 3.8) is 0 Å². The number of aliphatic hydroxyl groups excluding tert-OH is 1. The molecule has 1 aromatic heterocycles. The Hall–Kier alpha value is -1.73. The topological polar surface area (TPSA) is 91.5 Å². The number of hydrogen-bond donors (Lipinski definition) is 2. The molecule has 0 aliphatic carbocycles. The Kier molecular flexibility index (Phi) is 3.73. The number of pyridine rings is 1. The van der Waals surface area contributed by atoms with E-state index in [2.05, 4.69) is 10.3 Å². The van der Waals surface area contributed by atoms with Crippen molar-refractivity contribution >= 4 is 11.5 Å². The molecule has 1 fully saturated rings. The first-order valence-electron chi connectivity index (χ1n) is 5.82. The lowest BCUT2D eigenvalue weighted by Crippen LogP contribution is -2.52. The lowest BCUT2D eigenvalue weighted by molar-refractivity contribution is -0.385. The molecule has 1 aliphatic heterocycles. The van der Waals surface area contributed by atoms with E-state index >= 15 is 0 Å². The second kappa shape index (κ2) is 5.28. The van der Waals surface area contributed by atoms with Gasteiger partial charge in [-0.3, -0.25) is 10.1 Å². The first-order valence-corrected chi connectivity index (χ1v) is 5.82. The van der Waals surface area contributed by atoms with Gasteiger partial charge in [-0.1, -0.05) is 0 Å². The fourth-order valence-electron chi connectivity index (χ4n) is 2.05. The normalized spacial score (nSPS) is 19.9. The molecule has 0 bridgehead atoms. The molecule has 7 heteroatoms. The summed E-state index contributed by atoms with van der Waals surface area (Å²) in [5.41, 5.74) is 0.636. The van der Waals surface area contributed by atoms with Crippen LogP contribution in [0.3, 0.4) is 0 Å². The van der Waals surface area contributed by atoms with Gasteiger partial charge in [-0.05, 0) is 13.0 Å². The highest BCUT2D eigenvalue weighted by Crippen LogP contribution is 2.21. The van der Waals surface area contributed by atoms with E-state index in [9.17, 15) is 10.1 Å². The zero-order chi connectivity index (χ0) is 13.1. The van der Waals surface area contributed by atoms with Crippen molar-refractivity contribution in [2.24, 2.45) is 0 Å². The SMILES string of the molecule is Cc1cc(N2CCNC(CO)C2)ncc1[N+](=O)[O-]. The molecule has 1 aliphatic rings. The third-order valence-corrected chi connectivity index (χ3v) is 3.07. The minimum absolute atomic E-state index is 0.0241. The first-order chi connectivity index (χ1) is 8.61. The molecule has 2 rings (SSSR count). The van der Waals surface area contributed by atoms with Gasteiger partial charge in [0.1, 0.15) is 12.0 Å². The van der Waals surface area contributed by atoms with Gasteiger partial charge < -0.3 is 15.3 Å². The highest BCUT2D eigenvalue weighted by Gasteiger charge is 2.21. The standard InChI is InChI=1S/C11H16N4O3/c1-8-4-11(13-5-10(8)15(17)18)14-3-2-12-9(6-14)7-16/h4-5,9,12,16H,2-3,6-7H2,1H3. The van der Waals surface area contributed by atoms with E-state index in [-0.39, 0.29) is 18.3 Å². The summed E-state index contributed by atoms with van der Waals surface area (Å²) in [6, 6.07) is 1.74. The number of anilines is 1. The molecule has 1 unspecified atom stereocenters. The number of piperazine rings is 1. The van der Waals surface area contributed by atoms with Crippen LogP contribution in [0.5, 0.6) is 0 Å². The Morgan fingerprint density at radius 3 is 3.11 bits per heavy atom. The maximum Gasteiger partial charge on any atom is 0.290 e. The van der Waals surface area contributed by atoms with Crippen LogP contribution in [0, 0.1) is 17.0 Å². The highest BCUT2D eigenvalue weighted by atomic mass is 16.6. The monoisotopic (exact) mass is 252 g/mol. The molecule has 2 heterocycles. The minimum Gasteiger partial charge on any atom is -0.395 e. The van der Waals surface area contributed by atoms with Crippen molar-refractivity contribution < 1.29 is 10.0 Å². The average molecular weight is 252 g/mol. The molecule has 1 atom stereocenters. The summed E-state index contributed by atoms with van der Waals surface area (Å²) < 4.78 is 0. The van der Waals surface area contributed by atoms with E-state index in [0.29, 0.717) is 12.1 Å². The summed E-state index contributed by atoms with van der Waals surface area (Å²) in [7, 11) is 0. The van der Waals surface area contributed by atoms with Crippen molar-refractivity contribution in [1.29, 1.82) is 0 Å². The molecule has 18 heavy (non-hydrogen) atoms. The van der Waals surface area contributed by atoms with E-state index in [4.69, 9.17) is 5.11 Å². The van der Waals surface area contributed by atoms with Crippen LogP contribution < -0.4 is 10.2 Å². The molecule has 0 saturated carbocycles. The number of aliphatic hydroxyl groups is 1. The van der Waals surface area contributed by atoms with Crippen LogP contribution in [0.2, 0.25) is 0 Å². The molecule has 1 saturated heterocycles. The Morgan fingerprint density at radius 1 is 1.72 bits per heavy atom. The summed E-state index contributed by atoms with van der Waals surface area (Å²) in [5, 5.41) is 23.0. The number of nitrogens with one attached hydrogen (secondary N) is 1. The molecule has 0 radical (unpaired) electrons. The number of aryl methyl sites for hydroxylation is 1. The predicted molar refractivity (Wildman–Crippen MR) is 66.7 cm³/mol. The van der Waals surface area contributed by atoms with Gasteiger partial charge in [0.15, 0.2) is 0 Å². The van der Waals surface area contributed by atoms with Crippen LogP contribution in [0.25, 0.3) is 0 Å². The fraction of sp³-hybridized carbons (Fsp3) is 0.545. The van der Waals surface area contributed by atoms with Crippen molar-refractivity contribution in [3.8, 4) is 0 Å². The molecule has 7 nitrogen and oxygen atoms in total. The zero-order valence-electron chi connectivity index (χ0n) is 10.2. The van der Waals surface area contributed by atoms with E-state index in [1.54, 1.807) is 13.0 Å². The Morgan fingerprint density at radius 2 is 2.50 bits per heavy atom. The van der Waals surface area contributed by atoms with E-state index in [0.717, 1.165) is 18.9 Å². The summed E-state index contributed by atoms with van der Waals surface area (Å²) in [6.45, 7) is 3.97. The molecule has 98 valence electrons. The summed E-state index contributed by atoms with van der Waals surface area (Å²) in [4.78, 5) is 16.4. The molecule has 1 aromatic rings. The summed E-state index contributed by atoms with van der Waals surface area (Å²) in [6.07, 6.45) is 1.29. The average Bonchev–Trinajstić information content (AvgIpc) is 2.38. The van der Waals surface area contributed by atoms with Gasteiger partial charge in [0.2, 0.25) is 0 Å². The van der Waals surface area contributed by atoms with Gasteiger partial charge in [-0.15, -0.1) is 0 Å². The Labute approximate surface area is 105 Å². The van der Waals surface area contributed by atoms with Gasteiger partial charge in [0, 0.05) is 31.2 Å². The lowest BCUT2D eigenvalue weighted by atomic mass is 10.2. The van der Waals surface area contributed by atoms with Gasteiger partial charge in [0.25, 0.3) is 5.69 Å². The molecule has 0 spiro atoms. The number of nitrogens with zero attached hydrogens (tertiary/aromatic N) is 3. The van der Waals surface area contributed by atoms with Gasteiger partial charge in [-0.2, -0.15) is 0 Å². The molecular formula is C11H16N4O3. The lowest BCUT2D eigenvalue weighted by Gasteiger charge is -2.33. The van der Waals surface area contributed by atoms with Crippen LogP contribution in [0.1, 0.15) is 5.56 Å². The Bertz CT molecular complexity index is 452. The van der Waals surface area contributed by atoms with Crippen LogP contribution in [0.15, 0.2) is 12.3 Å². The minimum atomic E-state index is -0.430.